The first-order chi connectivity index (χ1) is 13.7. The predicted molar refractivity (Wildman–Crippen MR) is 116 cm³/mol. The smallest absolute Gasteiger partial charge is 0.262 e. The van der Waals surface area contributed by atoms with Gasteiger partial charge in [0.05, 0.1) is 16.4 Å². The van der Waals surface area contributed by atoms with Crippen LogP contribution in [0.3, 0.4) is 0 Å². The molecule has 3 aromatic rings. The molecule has 4 rings (SSSR count). The zero-order valence-electron chi connectivity index (χ0n) is 15.7. The van der Waals surface area contributed by atoms with Crippen LogP contribution in [0.4, 0.5) is 11.4 Å². The van der Waals surface area contributed by atoms with Gasteiger partial charge in [0.25, 0.3) is 5.91 Å². The average molecular weight is 395 g/mol. The minimum absolute atomic E-state index is 0.0556. The number of benzene rings is 3. The minimum atomic E-state index is -0.200. The SMILES string of the molecule is O=C(COc1cccc2ccccc12)Nc1cccc(Cl)c1N1CCCCC1. The van der Waals surface area contributed by atoms with Crippen LogP contribution in [-0.4, -0.2) is 25.6 Å². The molecule has 0 unspecified atom stereocenters. The van der Waals surface area contributed by atoms with E-state index in [1.54, 1.807) is 0 Å². The molecule has 0 atom stereocenters. The van der Waals surface area contributed by atoms with Crippen molar-refractivity contribution in [3.63, 3.8) is 0 Å². The summed E-state index contributed by atoms with van der Waals surface area (Å²) in [6, 6.07) is 19.4. The molecule has 1 heterocycles. The Kier molecular flexibility index (Phi) is 5.68. The summed E-state index contributed by atoms with van der Waals surface area (Å²) >= 11 is 6.46. The van der Waals surface area contributed by atoms with Gasteiger partial charge in [0, 0.05) is 18.5 Å². The van der Waals surface area contributed by atoms with E-state index < -0.39 is 0 Å². The maximum Gasteiger partial charge on any atom is 0.262 e. The molecular weight excluding hydrogens is 372 g/mol. The van der Waals surface area contributed by atoms with E-state index in [1.807, 2.05) is 60.7 Å². The molecule has 0 bridgehead atoms. The fourth-order valence-corrected chi connectivity index (χ4v) is 4.00. The number of anilines is 2. The number of rotatable bonds is 5. The number of fused-ring (bicyclic) bond motifs is 1. The van der Waals surface area contributed by atoms with Gasteiger partial charge in [-0.1, -0.05) is 54.1 Å². The quantitative estimate of drug-likeness (QED) is 0.621. The van der Waals surface area contributed by atoms with E-state index in [-0.39, 0.29) is 12.5 Å². The second-order valence-electron chi connectivity index (χ2n) is 7.00. The number of carbonyl (C=O) groups excluding carboxylic acids is 1. The number of piperidine rings is 1. The first-order valence-electron chi connectivity index (χ1n) is 9.66. The van der Waals surface area contributed by atoms with Gasteiger partial charge >= 0.3 is 0 Å². The van der Waals surface area contributed by atoms with Crippen molar-refractivity contribution in [3.05, 3.63) is 65.7 Å². The monoisotopic (exact) mass is 394 g/mol. The van der Waals surface area contributed by atoms with E-state index in [9.17, 15) is 4.79 Å². The molecule has 0 aromatic heterocycles. The third-order valence-electron chi connectivity index (χ3n) is 5.04. The third-order valence-corrected chi connectivity index (χ3v) is 5.35. The highest BCUT2D eigenvalue weighted by Gasteiger charge is 2.19. The molecular formula is C23H23ClN2O2. The Morgan fingerprint density at radius 2 is 1.71 bits per heavy atom. The van der Waals surface area contributed by atoms with Crippen LogP contribution in [0, 0.1) is 0 Å². The van der Waals surface area contributed by atoms with Crippen molar-refractivity contribution in [1.82, 2.24) is 0 Å². The van der Waals surface area contributed by atoms with E-state index in [2.05, 4.69) is 10.2 Å². The maximum absolute atomic E-state index is 12.6. The van der Waals surface area contributed by atoms with Gasteiger partial charge in [-0.15, -0.1) is 0 Å². The largest absolute Gasteiger partial charge is 0.483 e. The summed E-state index contributed by atoms with van der Waals surface area (Å²) in [4.78, 5) is 14.8. The lowest BCUT2D eigenvalue weighted by Gasteiger charge is -2.31. The molecule has 1 saturated heterocycles. The Bertz CT molecular complexity index is 978. The summed E-state index contributed by atoms with van der Waals surface area (Å²) in [5.41, 5.74) is 1.64. The molecule has 1 amide bonds. The topological polar surface area (TPSA) is 41.6 Å². The summed E-state index contributed by atoms with van der Waals surface area (Å²) in [5, 5.41) is 5.72. The van der Waals surface area contributed by atoms with Crippen molar-refractivity contribution in [2.24, 2.45) is 0 Å². The lowest BCUT2D eigenvalue weighted by molar-refractivity contribution is -0.118. The number of hydrogen-bond donors (Lipinski definition) is 1. The van der Waals surface area contributed by atoms with Gasteiger partial charge in [-0.25, -0.2) is 0 Å². The summed E-state index contributed by atoms with van der Waals surface area (Å²) in [6.45, 7) is 1.86. The van der Waals surface area contributed by atoms with Crippen LogP contribution in [0.25, 0.3) is 10.8 Å². The van der Waals surface area contributed by atoms with Crippen molar-refractivity contribution in [1.29, 1.82) is 0 Å². The number of amides is 1. The van der Waals surface area contributed by atoms with E-state index >= 15 is 0 Å². The number of ether oxygens (including phenoxy) is 1. The predicted octanol–water partition coefficient (Wildman–Crippen LogP) is 5.50. The van der Waals surface area contributed by atoms with E-state index in [0.29, 0.717) is 10.8 Å². The molecule has 0 radical (unpaired) electrons. The highest BCUT2D eigenvalue weighted by Crippen LogP contribution is 2.35. The minimum Gasteiger partial charge on any atom is -0.483 e. The molecule has 0 spiro atoms. The van der Waals surface area contributed by atoms with Gasteiger partial charge in [0.2, 0.25) is 0 Å². The molecule has 3 aromatic carbocycles. The van der Waals surface area contributed by atoms with Crippen LogP contribution in [0.2, 0.25) is 5.02 Å². The van der Waals surface area contributed by atoms with Gasteiger partial charge in [0.1, 0.15) is 5.75 Å². The molecule has 0 saturated carbocycles. The van der Waals surface area contributed by atoms with Gasteiger partial charge in [-0.2, -0.15) is 0 Å². The van der Waals surface area contributed by atoms with E-state index in [4.69, 9.17) is 16.3 Å². The van der Waals surface area contributed by atoms with E-state index in [0.717, 1.165) is 48.1 Å². The standard InChI is InChI=1S/C23H23ClN2O2/c24-19-11-7-12-20(23(19)26-14-4-1-5-15-26)25-22(27)16-28-21-13-6-9-17-8-2-3-10-18(17)21/h2-3,6-13H,1,4-5,14-16H2,(H,25,27). The fourth-order valence-electron chi connectivity index (χ4n) is 3.71. The highest BCUT2D eigenvalue weighted by molar-refractivity contribution is 6.34. The summed E-state index contributed by atoms with van der Waals surface area (Å²) in [7, 11) is 0. The second-order valence-corrected chi connectivity index (χ2v) is 7.41. The van der Waals surface area contributed by atoms with Crippen molar-refractivity contribution >= 4 is 39.7 Å². The Balaban J connectivity index is 1.47. The van der Waals surface area contributed by atoms with Crippen LogP contribution in [0.5, 0.6) is 5.75 Å². The highest BCUT2D eigenvalue weighted by atomic mass is 35.5. The zero-order chi connectivity index (χ0) is 19.3. The van der Waals surface area contributed by atoms with Crippen LogP contribution < -0.4 is 15.0 Å². The van der Waals surface area contributed by atoms with Crippen molar-refractivity contribution in [2.75, 3.05) is 29.9 Å². The van der Waals surface area contributed by atoms with Crippen LogP contribution >= 0.6 is 11.6 Å². The molecule has 0 aliphatic carbocycles. The number of carbonyl (C=O) groups is 1. The molecule has 1 aliphatic heterocycles. The maximum atomic E-state index is 12.6. The van der Waals surface area contributed by atoms with Crippen molar-refractivity contribution < 1.29 is 9.53 Å². The molecule has 1 aliphatic rings. The van der Waals surface area contributed by atoms with Gasteiger partial charge in [0.15, 0.2) is 6.61 Å². The fraction of sp³-hybridized carbons (Fsp3) is 0.261. The van der Waals surface area contributed by atoms with Crippen LogP contribution in [-0.2, 0) is 4.79 Å². The first kappa shape index (κ1) is 18.6. The Morgan fingerprint density at radius 1 is 0.964 bits per heavy atom. The van der Waals surface area contributed by atoms with Crippen molar-refractivity contribution in [3.8, 4) is 5.75 Å². The Hall–Kier alpha value is -2.72. The van der Waals surface area contributed by atoms with E-state index in [1.165, 1.54) is 6.42 Å². The Morgan fingerprint density at radius 3 is 2.57 bits per heavy atom. The van der Waals surface area contributed by atoms with Gasteiger partial charge in [-0.05, 0) is 42.8 Å². The summed E-state index contributed by atoms with van der Waals surface area (Å²) < 4.78 is 5.81. The normalized spacial score (nSPS) is 14.1. The van der Waals surface area contributed by atoms with Gasteiger partial charge < -0.3 is 15.0 Å². The second kappa shape index (κ2) is 8.53. The number of para-hydroxylation sites is 1. The Labute approximate surface area is 170 Å². The van der Waals surface area contributed by atoms with Crippen LogP contribution in [0.1, 0.15) is 19.3 Å². The molecule has 1 fully saturated rings. The first-order valence-corrected chi connectivity index (χ1v) is 10.0. The number of nitrogens with one attached hydrogen (secondary N) is 1. The van der Waals surface area contributed by atoms with Crippen molar-refractivity contribution in [2.45, 2.75) is 19.3 Å². The molecule has 28 heavy (non-hydrogen) atoms. The number of nitrogens with zero attached hydrogens (tertiary/aromatic N) is 1. The summed E-state index contributed by atoms with van der Waals surface area (Å²) in [6.07, 6.45) is 3.52. The number of halogens is 1. The average Bonchev–Trinajstić information content (AvgIpc) is 2.73. The third kappa shape index (κ3) is 4.07. The molecule has 144 valence electrons. The summed E-state index contributed by atoms with van der Waals surface area (Å²) in [5.74, 6) is 0.504. The van der Waals surface area contributed by atoms with Crippen LogP contribution in [0.15, 0.2) is 60.7 Å². The lowest BCUT2D eigenvalue weighted by atomic mass is 10.1. The molecule has 1 N–H and O–H groups in total. The van der Waals surface area contributed by atoms with Gasteiger partial charge in [-0.3, -0.25) is 4.79 Å². The lowest BCUT2D eigenvalue weighted by Crippen LogP contribution is -2.31. The number of hydrogen-bond acceptors (Lipinski definition) is 3. The molecule has 5 heteroatoms. The zero-order valence-corrected chi connectivity index (χ0v) is 16.4. The molecule has 4 nitrogen and oxygen atoms in total.